The molecule has 0 aliphatic heterocycles. The average molecular weight is 241 g/mol. The molecule has 0 aliphatic rings. The number of hydrogen-bond acceptors (Lipinski definition) is 3. The van der Waals surface area contributed by atoms with Crippen molar-refractivity contribution in [3.05, 3.63) is 28.8 Å². The van der Waals surface area contributed by atoms with Gasteiger partial charge in [0.15, 0.2) is 0 Å². The van der Waals surface area contributed by atoms with Gasteiger partial charge in [-0.2, -0.15) is 5.26 Å². The zero-order chi connectivity index (χ0) is 11.4. The third kappa shape index (κ3) is 3.15. The molecule has 5 heteroatoms. The van der Waals surface area contributed by atoms with Crippen molar-refractivity contribution in [2.75, 3.05) is 14.1 Å². The molecule has 1 aromatic carbocycles. The number of nitriles is 1. The zero-order valence-corrected chi connectivity index (χ0v) is 9.89. The summed E-state index contributed by atoms with van der Waals surface area (Å²) in [5, 5.41) is 9.07. The minimum absolute atomic E-state index is 0.0822. The molecule has 0 unspecified atom stereocenters. The topological polar surface area (TPSA) is 44.1 Å². The van der Waals surface area contributed by atoms with Crippen molar-refractivity contribution in [2.24, 2.45) is 0 Å². The van der Waals surface area contributed by atoms with Crippen LogP contribution in [0.1, 0.15) is 5.56 Å². The normalized spacial score (nSPS) is 9.47. The molecular weight excluding hydrogens is 232 g/mol. The molecule has 78 valence electrons. The Morgan fingerprint density at radius 3 is 2.73 bits per heavy atom. The quantitative estimate of drug-likeness (QED) is 0.709. The summed E-state index contributed by atoms with van der Waals surface area (Å²) in [4.78, 5) is 13.6. The zero-order valence-electron chi connectivity index (χ0n) is 8.32. The van der Waals surface area contributed by atoms with Gasteiger partial charge in [0.1, 0.15) is 6.07 Å². The lowest BCUT2D eigenvalue weighted by Gasteiger charge is -2.09. The van der Waals surface area contributed by atoms with Gasteiger partial charge in [0.25, 0.3) is 5.24 Å². The van der Waals surface area contributed by atoms with Gasteiger partial charge in [0.05, 0.1) is 10.6 Å². The van der Waals surface area contributed by atoms with Crippen LogP contribution in [0.15, 0.2) is 23.1 Å². The van der Waals surface area contributed by atoms with E-state index in [1.54, 1.807) is 32.3 Å². The largest absolute Gasteiger partial charge is 0.339 e. The standard InChI is InChI=1S/C10H9ClN2OS/c1-13(2)10(14)15-8-3-4-9(11)7(5-8)6-12/h3-5H,1-2H3. The molecule has 0 saturated heterocycles. The van der Waals surface area contributed by atoms with Crippen LogP contribution in [0.5, 0.6) is 0 Å². The van der Waals surface area contributed by atoms with Gasteiger partial charge in [-0.15, -0.1) is 0 Å². The maximum Gasteiger partial charge on any atom is 0.285 e. The summed E-state index contributed by atoms with van der Waals surface area (Å²) in [6, 6.07) is 6.91. The van der Waals surface area contributed by atoms with E-state index >= 15 is 0 Å². The average Bonchev–Trinajstić information content (AvgIpc) is 2.20. The highest BCUT2D eigenvalue weighted by atomic mass is 35.5. The van der Waals surface area contributed by atoms with Gasteiger partial charge in [-0.05, 0) is 30.0 Å². The first-order chi connectivity index (χ1) is 7.04. The first-order valence-corrected chi connectivity index (χ1v) is 5.33. The molecule has 0 radical (unpaired) electrons. The third-order valence-electron chi connectivity index (χ3n) is 1.63. The molecule has 0 aliphatic carbocycles. The van der Waals surface area contributed by atoms with Gasteiger partial charge >= 0.3 is 0 Å². The van der Waals surface area contributed by atoms with Crippen LogP contribution in [0.25, 0.3) is 0 Å². The van der Waals surface area contributed by atoms with Crippen molar-refractivity contribution in [2.45, 2.75) is 4.90 Å². The lowest BCUT2D eigenvalue weighted by molar-refractivity contribution is 0.241. The number of benzene rings is 1. The Morgan fingerprint density at radius 2 is 2.20 bits per heavy atom. The Morgan fingerprint density at radius 1 is 1.53 bits per heavy atom. The predicted octanol–water partition coefficient (Wildman–Crippen LogP) is 2.99. The number of rotatable bonds is 1. The van der Waals surface area contributed by atoms with Crippen molar-refractivity contribution in [3.63, 3.8) is 0 Å². The van der Waals surface area contributed by atoms with Crippen LogP contribution < -0.4 is 0 Å². The second kappa shape index (κ2) is 5.06. The van der Waals surface area contributed by atoms with Crippen molar-refractivity contribution < 1.29 is 4.79 Å². The molecule has 0 fully saturated rings. The van der Waals surface area contributed by atoms with Crippen LogP contribution in [0.4, 0.5) is 4.79 Å². The Kier molecular flexibility index (Phi) is 4.01. The highest BCUT2D eigenvalue weighted by Gasteiger charge is 2.08. The van der Waals surface area contributed by atoms with Gasteiger partial charge in [-0.25, -0.2) is 0 Å². The fourth-order valence-electron chi connectivity index (χ4n) is 0.846. The Labute approximate surface area is 97.6 Å². The summed E-state index contributed by atoms with van der Waals surface area (Å²) in [5.41, 5.74) is 0.383. The lowest BCUT2D eigenvalue weighted by Crippen LogP contribution is -2.15. The van der Waals surface area contributed by atoms with Gasteiger partial charge in [0, 0.05) is 19.0 Å². The van der Waals surface area contributed by atoms with Crippen molar-refractivity contribution in [1.82, 2.24) is 4.90 Å². The molecule has 1 aromatic rings. The molecule has 1 amide bonds. The summed E-state index contributed by atoms with van der Waals surface area (Å²) < 4.78 is 0. The molecule has 15 heavy (non-hydrogen) atoms. The molecule has 0 N–H and O–H groups in total. The molecule has 0 atom stereocenters. The second-order valence-electron chi connectivity index (χ2n) is 3.02. The van der Waals surface area contributed by atoms with E-state index in [-0.39, 0.29) is 5.24 Å². The minimum Gasteiger partial charge on any atom is -0.339 e. The van der Waals surface area contributed by atoms with Crippen LogP contribution in [0.2, 0.25) is 5.02 Å². The molecule has 0 aromatic heterocycles. The molecule has 3 nitrogen and oxygen atoms in total. The molecular formula is C10H9ClN2OS. The first kappa shape index (κ1) is 11.9. The van der Waals surface area contributed by atoms with Gasteiger partial charge in [0.2, 0.25) is 0 Å². The molecule has 0 bridgehead atoms. The Hall–Kier alpha value is -1.18. The van der Waals surface area contributed by atoms with E-state index < -0.39 is 0 Å². The monoisotopic (exact) mass is 240 g/mol. The van der Waals surface area contributed by atoms with E-state index in [2.05, 4.69) is 0 Å². The van der Waals surface area contributed by atoms with E-state index in [1.165, 1.54) is 4.90 Å². The van der Waals surface area contributed by atoms with Crippen LogP contribution in [-0.4, -0.2) is 24.2 Å². The van der Waals surface area contributed by atoms with Crippen LogP contribution in [-0.2, 0) is 0 Å². The number of halogens is 1. The van der Waals surface area contributed by atoms with E-state index in [9.17, 15) is 4.79 Å². The molecule has 0 spiro atoms. The molecule has 0 saturated carbocycles. The summed E-state index contributed by atoms with van der Waals surface area (Å²) in [6.45, 7) is 0. The first-order valence-electron chi connectivity index (χ1n) is 4.13. The smallest absolute Gasteiger partial charge is 0.285 e. The second-order valence-corrected chi connectivity index (χ2v) is 4.45. The summed E-state index contributed by atoms with van der Waals surface area (Å²) in [6.07, 6.45) is 0. The van der Waals surface area contributed by atoms with E-state index in [0.717, 1.165) is 16.7 Å². The van der Waals surface area contributed by atoms with Crippen LogP contribution in [0, 0.1) is 11.3 Å². The number of nitrogens with zero attached hydrogens (tertiary/aromatic N) is 2. The van der Waals surface area contributed by atoms with Crippen LogP contribution >= 0.6 is 23.4 Å². The molecule has 0 heterocycles. The number of thioether (sulfide) groups is 1. The predicted molar refractivity (Wildman–Crippen MR) is 61.1 cm³/mol. The summed E-state index contributed by atoms with van der Waals surface area (Å²) in [7, 11) is 3.35. The highest BCUT2D eigenvalue weighted by molar-refractivity contribution is 8.13. The SMILES string of the molecule is CN(C)C(=O)Sc1ccc(Cl)c(C#N)c1. The fourth-order valence-corrected chi connectivity index (χ4v) is 1.70. The van der Waals surface area contributed by atoms with Crippen LogP contribution in [0.3, 0.4) is 0 Å². The van der Waals surface area contributed by atoms with Gasteiger partial charge < -0.3 is 4.90 Å². The van der Waals surface area contributed by atoms with E-state index in [0.29, 0.717) is 10.6 Å². The fraction of sp³-hybridized carbons (Fsp3) is 0.200. The van der Waals surface area contributed by atoms with Crippen molar-refractivity contribution in [1.29, 1.82) is 5.26 Å². The highest BCUT2D eigenvalue weighted by Crippen LogP contribution is 2.25. The Balaban J connectivity index is 2.89. The van der Waals surface area contributed by atoms with Gasteiger partial charge in [-0.1, -0.05) is 11.6 Å². The Bertz CT molecular complexity index is 426. The van der Waals surface area contributed by atoms with Gasteiger partial charge in [-0.3, -0.25) is 4.79 Å². The minimum atomic E-state index is -0.0822. The number of carbonyl (C=O) groups excluding carboxylic acids is 1. The maximum absolute atomic E-state index is 11.4. The van der Waals surface area contributed by atoms with Crippen molar-refractivity contribution in [3.8, 4) is 6.07 Å². The summed E-state index contributed by atoms with van der Waals surface area (Å²) in [5.74, 6) is 0. The van der Waals surface area contributed by atoms with Crippen molar-refractivity contribution >= 4 is 28.6 Å². The van der Waals surface area contributed by atoms with E-state index in [1.807, 2.05) is 6.07 Å². The maximum atomic E-state index is 11.4. The lowest BCUT2D eigenvalue weighted by atomic mass is 10.2. The number of hydrogen-bond donors (Lipinski definition) is 0. The number of amides is 1. The summed E-state index contributed by atoms with van der Waals surface area (Å²) >= 11 is 6.84. The molecule has 1 rings (SSSR count). The van der Waals surface area contributed by atoms with E-state index in [4.69, 9.17) is 16.9 Å². The number of carbonyl (C=O) groups is 1. The third-order valence-corrected chi connectivity index (χ3v) is 2.99.